The molecule has 11 rings (SSSR count). The van der Waals surface area contributed by atoms with E-state index in [0.717, 1.165) is 37.6 Å². The van der Waals surface area contributed by atoms with Crippen molar-refractivity contribution in [3.05, 3.63) is 117 Å². The molecule has 0 saturated carbocycles. The first-order chi connectivity index (χ1) is 36.7. The Labute approximate surface area is 443 Å². The molecule has 392 valence electrons. The summed E-state index contributed by atoms with van der Waals surface area (Å²) in [6.07, 6.45) is 4.53. The van der Waals surface area contributed by atoms with Crippen LogP contribution >= 0.6 is 22.7 Å². The van der Waals surface area contributed by atoms with E-state index in [2.05, 4.69) is 42.1 Å². The van der Waals surface area contributed by atoms with Crippen molar-refractivity contribution in [1.82, 2.24) is 43.9 Å². The van der Waals surface area contributed by atoms with Gasteiger partial charge in [0.15, 0.2) is 33.2 Å². The van der Waals surface area contributed by atoms with Gasteiger partial charge in [-0.25, -0.2) is 37.5 Å². The Bertz CT molecular complexity index is 3510. The van der Waals surface area contributed by atoms with Gasteiger partial charge in [-0.05, 0) is 61.4 Å². The second kappa shape index (κ2) is 21.9. The monoisotopic (exact) mass is 1070 g/mol. The predicted molar refractivity (Wildman–Crippen MR) is 286 cm³/mol. The van der Waals surface area contributed by atoms with Crippen molar-refractivity contribution in [2.45, 2.75) is 32.8 Å². The highest BCUT2D eigenvalue weighted by Crippen LogP contribution is 2.40. The molecule has 0 bridgehead atoms. The molecule has 3 aliphatic heterocycles. The number of aryl methyl sites for hydroxylation is 2. The fraction of sp³-hybridized carbons (Fsp3) is 0.340. The standard InChI is InChI=1S/C29H30F2N8O2S.C24H23F2N7S/c1-3-23-28(35(2)29-34-26(24(13-32)42-29)18-4-6-19(30)7-5-18)39-14-20(12-22(31)27(39)33-23)37-10-8-36(9-11-37)17-25(41)38-15-21(40)16-38;1-3-19-23(33-14-17(12-18(26)22(33)29-19)32-10-8-28-9-11-32)31(2)24-30-21(20(13-27)34-24)15-4-6-16(25)7-5-15/h4-7,12,14,21,40H,3,8-11,15-17H2,1-2H3;4-7,12,14,28H,3,8-11H2,1-2H3. The van der Waals surface area contributed by atoms with Crippen LogP contribution in [-0.4, -0.2) is 142 Å². The summed E-state index contributed by atoms with van der Waals surface area (Å²) in [5, 5.41) is 33.4. The van der Waals surface area contributed by atoms with Crippen LogP contribution in [0.2, 0.25) is 0 Å². The Morgan fingerprint density at radius 1 is 0.684 bits per heavy atom. The van der Waals surface area contributed by atoms with Gasteiger partial charge in [0.2, 0.25) is 5.91 Å². The van der Waals surface area contributed by atoms with E-state index >= 15 is 8.78 Å². The minimum Gasteiger partial charge on any atom is -0.389 e. The van der Waals surface area contributed by atoms with Gasteiger partial charge in [0.25, 0.3) is 0 Å². The van der Waals surface area contributed by atoms with Gasteiger partial charge in [-0.3, -0.25) is 18.5 Å². The Morgan fingerprint density at radius 3 is 1.53 bits per heavy atom. The van der Waals surface area contributed by atoms with E-state index in [9.17, 15) is 29.2 Å². The van der Waals surface area contributed by atoms with Gasteiger partial charge in [0, 0.05) is 115 Å². The Kier molecular flexibility index (Phi) is 14.9. The van der Waals surface area contributed by atoms with Crippen LogP contribution in [0.25, 0.3) is 33.8 Å². The lowest BCUT2D eigenvalue weighted by molar-refractivity contribution is -0.142. The number of aliphatic hydroxyl groups is 1. The molecule has 6 aromatic heterocycles. The summed E-state index contributed by atoms with van der Waals surface area (Å²) in [7, 11) is 3.65. The smallest absolute Gasteiger partial charge is 0.236 e. The number of imidazole rings is 2. The average Bonchev–Trinajstić information content (AvgIpc) is 4.28. The zero-order chi connectivity index (χ0) is 53.4. The first kappa shape index (κ1) is 51.8. The SMILES string of the molecule is CCc1nc2c(F)cc(N3CCN(CC(=O)N4CC(O)C4)CC3)cn2c1N(C)c1nc(-c2ccc(F)cc2)c(C#N)s1.CCc1nc2c(F)cc(N3CCNCC3)cn2c1N(C)c1nc(-c2ccc(F)cc2)c(C#N)s1. The van der Waals surface area contributed by atoms with Gasteiger partial charge in [-0.2, -0.15) is 10.5 Å². The third kappa shape index (κ3) is 10.2. The van der Waals surface area contributed by atoms with Crippen LogP contribution in [0.15, 0.2) is 73.1 Å². The molecule has 2 N–H and O–H groups in total. The number of carbonyl (C=O) groups excluding carboxylic acids is 1. The van der Waals surface area contributed by atoms with Gasteiger partial charge in [-0.1, -0.05) is 36.5 Å². The molecule has 17 nitrogen and oxygen atoms in total. The van der Waals surface area contributed by atoms with Gasteiger partial charge in [-0.15, -0.1) is 0 Å². The van der Waals surface area contributed by atoms with Gasteiger partial charge in [0.05, 0.1) is 35.4 Å². The van der Waals surface area contributed by atoms with E-state index in [-0.39, 0.29) is 34.7 Å². The molecule has 0 spiro atoms. The van der Waals surface area contributed by atoms with Crippen molar-refractivity contribution in [2.24, 2.45) is 0 Å². The number of nitrogens with zero attached hydrogens (tertiary/aromatic N) is 14. The third-order valence-electron chi connectivity index (χ3n) is 13.8. The molecule has 3 fully saturated rings. The number of thiazole rings is 2. The highest BCUT2D eigenvalue weighted by Gasteiger charge is 2.31. The molecular weight excluding hydrogens is 1020 g/mol. The number of aromatic nitrogens is 6. The average molecular weight is 1070 g/mol. The molecule has 3 saturated heterocycles. The van der Waals surface area contributed by atoms with Crippen LogP contribution in [0.1, 0.15) is 35.0 Å². The van der Waals surface area contributed by atoms with Crippen LogP contribution in [0.3, 0.4) is 0 Å². The summed E-state index contributed by atoms with van der Waals surface area (Å²) in [5.74, 6) is -0.174. The maximum absolute atomic E-state index is 15.5. The summed E-state index contributed by atoms with van der Waals surface area (Å²) in [5.41, 5.74) is 5.63. The van der Waals surface area contributed by atoms with Crippen molar-refractivity contribution in [3.63, 3.8) is 0 Å². The molecule has 23 heteroatoms. The van der Waals surface area contributed by atoms with Crippen LogP contribution < -0.4 is 24.9 Å². The van der Waals surface area contributed by atoms with E-state index in [1.807, 2.05) is 50.1 Å². The highest BCUT2D eigenvalue weighted by molar-refractivity contribution is 7.17. The largest absolute Gasteiger partial charge is 0.389 e. The highest BCUT2D eigenvalue weighted by atomic mass is 32.1. The maximum Gasteiger partial charge on any atom is 0.236 e. The van der Waals surface area contributed by atoms with E-state index in [1.165, 1.54) is 53.0 Å². The number of amides is 1. The van der Waals surface area contributed by atoms with E-state index in [4.69, 9.17) is 9.97 Å². The predicted octanol–water partition coefficient (Wildman–Crippen LogP) is 7.61. The summed E-state index contributed by atoms with van der Waals surface area (Å²) in [6.45, 7) is 10.9. The number of nitrogens with one attached hydrogen (secondary N) is 1. The molecule has 9 heterocycles. The minimum absolute atomic E-state index is 0.0173. The molecule has 0 aliphatic carbocycles. The zero-order valence-electron chi connectivity index (χ0n) is 42.1. The molecule has 3 aliphatic rings. The number of fused-ring (bicyclic) bond motifs is 2. The van der Waals surface area contributed by atoms with Gasteiger partial charge >= 0.3 is 0 Å². The number of hydrogen-bond donors (Lipinski definition) is 2. The van der Waals surface area contributed by atoms with Crippen molar-refractivity contribution >= 4 is 73.1 Å². The Balaban J connectivity index is 0.000000177. The lowest BCUT2D eigenvalue weighted by Crippen LogP contribution is -2.57. The summed E-state index contributed by atoms with van der Waals surface area (Å²) in [4.78, 5) is 43.5. The zero-order valence-corrected chi connectivity index (χ0v) is 43.8. The molecule has 2 aromatic carbocycles. The number of piperazine rings is 2. The molecular formula is C53H53F4N15O2S2. The second-order valence-electron chi connectivity index (χ2n) is 18.6. The fourth-order valence-corrected chi connectivity index (χ4v) is 11.4. The number of benzene rings is 2. The number of halogens is 4. The summed E-state index contributed by atoms with van der Waals surface area (Å²) >= 11 is 2.44. The number of pyridine rings is 2. The van der Waals surface area contributed by atoms with Crippen LogP contribution in [0, 0.1) is 45.9 Å². The van der Waals surface area contributed by atoms with Gasteiger partial charge in [0.1, 0.15) is 56.6 Å². The number of anilines is 6. The number of aliphatic hydroxyl groups excluding tert-OH is 1. The maximum atomic E-state index is 15.5. The quantitative estimate of drug-likeness (QED) is 0.114. The van der Waals surface area contributed by atoms with Crippen molar-refractivity contribution in [2.75, 3.05) is 106 Å². The molecule has 76 heavy (non-hydrogen) atoms. The number of carbonyl (C=O) groups is 1. The number of likely N-dealkylation sites (tertiary alicyclic amines) is 1. The van der Waals surface area contributed by atoms with Crippen molar-refractivity contribution in [3.8, 4) is 34.7 Å². The van der Waals surface area contributed by atoms with Gasteiger partial charge < -0.3 is 34.9 Å². The number of nitriles is 2. The molecule has 0 unspecified atom stereocenters. The van der Waals surface area contributed by atoms with Crippen molar-refractivity contribution < 1.29 is 27.5 Å². The van der Waals surface area contributed by atoms with E-state index < -0.39 is 11.9 Å². The third-order valence-corrected chi connectivity index (χ3v) is 15.8. The normalized spacial score (nSPS) is 15.1. The Morgan fingerprint density at radius 2 is 1.12 bits per heavy atom. The summed E-state index contributed by atoms with van der Waals surface area (Å²) < 4.78 is 61.0. The molecule has 0 atom stereocenters. The van der Waals surface area contributed by atoms with Crippen molar-refractivity contribution in [1.29, 1.82) is 10.5 Å². The Hall–Kier alpha value is -7.67. The summed E-state index contributed by atoms with van der Waals surface area (Å²) in [6, 6.07) is 19.2. The number of rotatable bonds is 12. The van der Waals surface area contributed by atoms with Crippen LogP contribution in [0.4, 0.5) is 50.8 Å². The number of β-amino-alcohol motifs (C(OH)–C–C–N with tert-alkyl or cyclic N) is 1. The fourth-order valence-electron chi connectivity index (χ4n) is 9.66. The van der Waals surface area contributed by atoms with Crippen LogP contribution in [0.5, 0.6) is 0 Å². The van der Waals surface area contributed by atoms with E-state index in [1.54, 1.807) is 44.0 Å². The first-order valence-electron chi connectivity index (χ1n) is 24.9. The van der Waals surface area contributed by atoms with Crippen LogP contribution in [-0.2, 0) is 17.6 Å². The van der Waals surface area contributed by atoms with E-state index in [0.29, 0.717) is 124 Å². The molecule has 8 aromatic rings. The minimum atomic E-state index is -0.445. The number of hydrogen-bond acceptors (Lipinski definition) is 16. The second-order valence-corrected chi connectivity index (χ2v) is 20.6. The lowest BCUT2D eigenvalue weighted by atomic mass is 10.1. The molecule has 0 radical (unpaired) electrons. The first-order valence-corrected chi connectivity index (χ1v) is 26.5. The topological polar surface area (TPSA) is 177 Å². The lowest BCUT2D eigenvalue weighted by Gasteiger charge is -2.39. The molecule has 1 amide bonds.